The van der Waals surface area contributed by atoms with Crippen LogP contribution >= 0.6 is 0 Å². The van der Waals surface area contributed by atoms with Gasteiger partial charge in [0.1, 0.15) is 0 Å². The lowest BCUT2D eigenvalue weighted by Gasteiger charge is -2.28. The summed E-state index contributed by atoms with van der Waals surface area (Å²) in [6.45, 7) is 7.26. The standard InChI is InChI=1S/C21H28O3/c1-5-24-20(23)21(3,4)19(22)17(2)13-9-6-7-10-14-18-15-11-8-12-16-18/h6-13,15-16,19,22H,5,14H2,1-4H3/b9-6-,10-7+,17-13-. The van der Waals surface area contributed by atoms with E-state index < -0.39 is 17.5 Å². The van der Waals surface area contributed by atoms with E-state index in [0.717, 1.165) is 12.0 Å². The van der Waals surface area contributed by atoms with Gasteiger partial charge in [0.15, 0.2) is 0 Å². The van der Waals surface area contributed by atoms with Crippen LogP contribution in [0.2, 0.25) is 0 Å². The van der Waals surface area contributed by atoms with Crippen molar-refractivity contribution in [2.24, 2.45) is 5.41 Å². The van der Waals surface area contributed by atoms with Gasteiger partial charge in [0.25, 0.3) is 0 Å². The second kappa shape index (κ2) is 9.89. The number of benzene rings is 1. The first-order valence-corrected chi connectivity index (χ1v) is 8.28. The third-order valence-corrected chi connectivity index (χ3v) is 3.83. The molecule has 0 heterocycles. The van der Waals surface area contributed by atoms with E-state index in [-0.39, 0.29) is 0 Å². The topological polar surface area (TPSA) is 46.5 Å². The molecule has 3 nitrogen and oxygen atoms in total. The first-order chi connectivity index (χ1) is 11.4. The molecular weight excluding hydrogens is 300 g/mol. The van der Waals surface area contributed by atoms with Crippen molar-refractivity contribution in [3.8, 4) is 0 Å². The molecule has 0 aliphatic carbocycles. The smallest absolute Gasteiger partial charge is 0.314 e. The molecule has 1 aromatic rings. The Morgan fingerprint density at radius 3 is 2.50 bits per heavy atom. The maximum absolute atomic E-state index is 11.9. The van der Waals surface area contributed by atoms with E-state index in [1.165, 1.54) is 5.56 Å². The van der Waals surface area contributed by atoms with Crippen LogP contribution in [0.4, 0.5) is 0 Å². The maximum atomic E-state index is 11.9. The van der Waals surface area contributed by atoms with Crippen LogP contribution < -0.4 is 0 Å². The molecule has 0 aliphatic heterocycles. The van der Waals surface area contributed by atoms with Gasteiger partial charge in [-0.2, -0.15) is 0 Å². The summed E-state index contributed by atoms with van der Waals surface area (Å²) in [7, 11) is 0. The van der Waals surface area contributed by atoms with Gasteiger partial charge < -0.3 is 9.84 Å². The molecule has 1 rings (SSSR count). The van der Waals surface area contributed by atoms with Crippen molar-refractivity contribution < 1.29 is 14.6 Å². The number of hydrogen-bond donors (Lipinski definition) is 1. The number of rotatable bonds is 8. The minimum atomic E-state index is -0.965. The number of aliphatic hydroxyl groups is 1. The van der Waals surface area contributed by atoms with Gasteiger partial charge in [0.05, 0.1) is 18.1 Å². The molecule has 0 fully saturated rings. The summed E-state index contributed by atoms with van der Waals surface area (Å²) in [6, 6.07) is 10.2. The summed E-state index contributed by atoms with van der Waals surface area (Å²) >= 11 is 0. The molecule has 0 saturated heterocycles. The molecule has 1 unspecified atom stereocenters. The highest BCUT2D eigenvalue weighted by Gasteiger charge is 2.37. The van der Waals surface area contributed by atoms with Crippen LogP contribution in [-0.4, -0.2) is 23.8 Å². The second-order valence-corrected chi connectivity index (χ2v) is 6.26. The minimum absolute atomic E-state index is 0.309. The third kappa shape index (κ3) is 6.17. The summed E-state index contributed by atoms with van der Waals surface area (Å²) in [6.07, 6.45) is 9.64. The van der Waals surface area contributed by atoms with Crippen LogP contribution in [0.15, 0.2) is 66.3 Å². The number of aliphatic hydroxyl groups excluding tert-OH is 1. The highest BCUT2D eigenvalue weighted by Crippen LogP contribution is 2.27. The zero-order valence-electron chi connectivity index (χ0n) is 15.0. The molecular formula is C21H28O3. The van der Waals surface area contributed by atoms with Crippen LogP contribution in [0.3, 0.4) is 0 Å². The van der Waals surface area contributed by atoms with Gasteiger partial charge >= 0.3 is 5.97 Å². The molecule has 130 valence electrons. The lowest BCUT2D eigenvalue weighted by Crippen LogP contribution is -2.39. The SMILES string of the molecule is CCOC(=O)C(C)(C)C(O)\C(C)=C/C=C\C=C\Cc1ccccc1. The summed E-state index contributed by atoms with van der Waals surface area (Å²) in [4.78, 5) is 11.9. The fraction of sp³-hybridized carbons (Fsp3) is 0.381. The summed E-state index contributed by atoms with van der Waals surface area (Å²) in [5.74, 6) is -0.392. The summed E-state index contributed by atoms with van der Waals surface area (Å²) in [5.41, 5.74) is 1.02. The Morgan fingerprint density at radius 1 is 1.21 bits per heavy atom. The molecule has 0 aliphatic rings. The average Bonchev–Trinajstić information content (AvgIpc) is 2.58. The monoisotopic (exact) mass is 328 g/mol. The fourth-order valence-electron chi connectivity index (χ4n) is 2.26. The molecule has 0 saturated carbocycles. The van der Waals surface area contributed by atoms with Crippen molar-refractivity contribution in [3.63, 3.8) is 0 Å². The van der Waals surface area contributed by atoms with Gasteiger partial charge in [-0.3, -0.25) is 4.79 Å². The van der Waals surface area contributed by atoms with Gasteiger partial charge in [0.2, 0.25) is 0 Å². The fourth-order valence-corrected chi connectivity index (χ4v) is 2.26. The van der Waals surface area contributed by atoms with Crippen LogP contribution in [-0.2, 0) is 16.0 Å². The van der Waals surface area contributed by atoms with E-state index in [9.17, 15) is 9.90 Å². The van der Waals surface area contributed by atoms with E-state index in [4.69, 9.17) is 4.74 Å². The predicted octanol–water partition coefficient (Wildman–Crippen LogP) is 4.24. The van der Waals surface area contributed by atoms with Crippen LogP contribution in [0.25, 0.3) is 0 Å². The molecule has 0 bridgehead atoms. The Balaban J connectivity index is 2.57. The molecule has 0 spiro atoms. The Kier molecular flexibility index (Phi) is 8.20. The normalized spacial score (nSPS) is 14.3. The second-order valence-electron chi connectivity index (χ2n) is 6.26. The largest absolute Gasteiger partial charge is 0.465 e. The minimum Gasteiger partial charge on any atom is -0.465 e. The Bertz CT molecular complexity index is 595. The molecule has 0 aromatic heterocycles. The molecule has 0 radical (unpaired) electrons. The quantitative estimate of drug-likeness (QED) is 0.573. The highest BCUT2D eigenvalue weighted by molar-refractivity contribution is 5.77. The number of carbonyl (C=O) groups is 1. The van der Waals surface area contributed by atoms with Gasteiger partial charge in [-0.1, -0.05) is 60.7 Å². The molecule has 1 atom stereocenters. The number of hydrogen-bond acceptors (Lipinski definition) is 3. The Hall–Kier alpha value is -2.13. The van der Waals surface area contributed by atoms with Crippen molar-refractivity contribution >= 4 is 5.97 Å². The number of allylic oxidation sites excluding steroid dienone is 5. The zero-order chi connectivity index (χ0) is 18.0. The predicted molar refractivity (Wildman–Crippen MR) is 98.6 cm³/mol. The summed E-state index contributed by atoms with van der Waals surface area (Å²) in [5, 5.41) is 10.4. The molecule has 1 aromatic carbocycles. The van der Waals surface area contributed by atoms with E-state index >= 15 is 0 Å². The highest BCUT2D eigenvalue weighted by atomic mass is 16.5. The van der Waals surface area contributed by atoms with E-state index in [1.54, 1.807) is 20.8 Å². The molecule has 0 amide bonds. The van der Waals surface area contributed by atoms with Crippen LogP contribution in [0.1, 0.15) is 33.3 Å². The van der Waals surface area contributed by atoms with Gasteiger partial charge in [-0.25, -0.2) is 0 Å². The van der Waals surface area contributed by atoms with Crippen molar-refractivity contribution in [1.82, 2.24) is 0 Å². The average molecular weight is 328 g/mol. The van der Waals surface area contributed by atoms with Crippen molar-refractivity contribution in [1.29, 1.82) is 0 Å². The number of ether oxygens (including phenoxy) is 1. The third-order valence-electron chi connectivity index (χ3n) is 3.83. The number of carbonyl (C=O) groups excluding carboxylic acids is 1. The van der Waals surface area contributed by atoms with E-state index in [1.807, 2.05) is 49.4 Å². The summed E-state index contributed by atoms with van der Waals surface area (Å²) < 4.78 is 5.02. The van der Waals surface area contributed by atoms with E-state index in [2.05, 4.69) is 18.2 Å². The molecule has 1 N–H and O–H groups in total. The Morgan fingerprint density at radius 2 is 1.88 bits per heavy atom. The first-order valence-electron chi connectivity index (χ1n) is 8.28. The maximum Gasteiger partial charge on any atom is 0.314 e. The van der Waals surface area contributed by atoms with Gasteiger partial charge in [0, 0.05) is 0 Å². The zero-order valence-corrected chi connectivity index (χ0v) is 15.0. The van der Waals surface area contributed by atoms with Gasteiger partial charge in [-0.15, -0.1) is 0 Å². The van der Waals surface area contributed by atoms with Gasteiger partial charge in [-0.05, 0) is 45.3 Å². The molecule has 24 heavy (non-hydrogen) atoms. The lowest BCUT2D eigenvalue weighted by molar-refractivity contribution is -0.158. The van der Waals surface area contributed by atoms with Crippen molar-refractivity contribution in [2.75, 3.05) is 6.61 Å². The lowest BCUT2D eigenvalue weighted by atomic mass is 9.83. The first kappa shape index (κ1) is 19.9. The van der Waals surface area contributed by atoms with Crippen molar-refractivity contribution in [3.05, 3.63) is 71.8 Å². The Labute approximate surface area is 145 Å². The van der Waals surface area contributed by atoms with Crippen LogP contribution in [0, 0.1) is 5.41 Å². The number of esters is 1. The van der Waals surface area contributed by atoms with Crippen molar-refractivity contribution in [2.45, 2.75) is 40.2 Å². The van der Waals surface area contributed by atoms with E-state index in [0.29, 0.717) is 6.61 Å². The van der Waals surface area contributed by atoms with Crippen LogP contribution in [0.5, 0.6) is 0 Å². The molecule has 3 heteroatoms.